The first kappa shape index (κ1) is 15.5. The minimum Gasteiger partial charge on any atom is -0.330 e. The maximum Gasteiger partial charge on any atom is 0.0174 e. The molecule has 2 N–H and O–H groups in total. The highest BCUT2D eigenvalue weighted by Crippen LogP contribution is 2.35. The van der Waals surface area contributed by atoms with Crippen molar-refractivity contribution in [1.29, 1.82) is 0 Å². The molecule has 0 spiro atoms. The molecule has 0 aliphatic carbocycles. The van der Waals surface area contributed by atoms with Crippen molar-refractivity contribution in [2.45, 2.75) is 45.4 Å². The van der Waals surface area contributed by atoms with Crippen molar-refractivity contribution in [3.8, 4) is 0 Å². The molecule has 2 nitrogen and oxygen atoms in total. The monoisotopic (exact) mass is 274 g/mol. The number of rotatable bonds is 5. The van der Waals surface area contributed by atoms with Crippen LogP contribution in [0.3, 0.4) is 0 Å². The van der Waals surface area contributed by atoms with Crippen LogP contribution in [0.25, 0.3) is 0 Å². The summed E-state index contributed by atoms with van der Waals surface area (Å²) in [4.78, 5) is 2.61. The number of hydrogen-bond acceptors (Lipinski definition) is 2. The summed E-state index contributed by atoms with van der Waals surface area (Å²) < 4.78 is 0. The van der Waals surface area contributed by atoms with Crippen molar-refractivity contribution in [3.05, 3.63) is 35.9 Å². The molecule has 20 heavy (non-hydrogen) atoms. The van der Waals surface area contributed by atoms with Gasteiger partial charge in [-0.05, 0) is 36.9 Å². The summed E-state index contributed by atoms with van der Waals surface area (Å²) >= 11 is 0. The SMILES string of the molecule is CCC1(C)CCN(CC(C)(CN)c2ccccc2)CC1. The van der Waals surface area contributed by atoms with E-state index in [1.807, 2.05) is 0 Å². The molecule has 1 atom stereocenters. The third-order valence-corrected chi connectivity index (χ3v) is 5.41. The zero-order valence-corrected chi connectivity index (χ0v) is 13.4. The molecule has 0 bridgehead atoms. The zero-order chi connectivity index (χ0) is 14.6. The highest BCUT2D eigenvalue weighted by molar-refractivity contribution is 5.25. The summed E-state index contributed by atoms with van der Waals surface area (Å²) in [6.45, 7) is 11.3. The van der Waals surface area contributed by atoms with Gasteiger partial charge in [0.15, 0.2) is 0 Å². The Balaban J connectivity index is 2.01. The summed E-state index contributed by atoms with van der Waals surface area (Å²) in [5.41, 5.74) is 8.10. The second-order valence-corrected chi connectivity index (χ2v) is 7.07. The molecule has 1 aliphatic rings. The van der Waals surface area contributed by atoms with E-state index in [2.05, 4.69) is 56.0 Å². The van der Waals surface area contributed by atoms with Crippen molar-refractivity contribution in [2.24, 2.45) is 11.1 Å². The first-order valence-corrected chi connectivity index (χ1v) is 7.99. The summed E-state index contributed by atoms with van der Waals surface area (Å²) in [5.74, 6) is 0. The molecular formula is C18H30N2. The fourth-order valence-corrected chi connectivity index (χ4v) is 3.21. The predicted octanol–water partition coefficient (Wildman–Crippen LogP) is 3.42. The van der Waals surface area contributed by atoms with E-state index in [0.29, 0.717) is 12.0 Å². The van der Waals surface area contributed by atoms with Gasteiger partial charge < -0.3 is 10.6 Å². The van der Waals surface area contributed by atoms with E-state index in [4.69, 9.17) is 5.73 Å². The van der Waals surface area contributed by atoms with E-state index in [0.717, 1.165) is 6.54 Å². The molecule has 2 heteroatoms. The van der Waals surface area contributed by atoms with Crippen LogP contribution in [0.4, 0.5) is 0 Å². The highest BCUT2D eigenvalue weighted by atomic mass is 15.1. The highest BCUT2D eigenvalue weighted by Gasteiger charge is 2.33. The molecule has 1 unspecified atom stereocenters. The van der Waals surface area contributed by atoms with Crippen LogP contribution in [-0.2, 0) is 5.41 Å². The molecule has 1 aromatic carbocycles. The van der Waals surface area contributed by atoms with Crippen LogP contribution in [-0.4, -0.2) is 31.1 Å². The fraction of sp³-hybridized carbons (Fsp3) is 0.667. The Bertz CT molecular complexity index is 407. The third-order valence-electron chi connectivity index (χ3n) is 5.41. The van der Waals surface area contributed by atoms with Gasteiger partial charge in [0.2, 0.25) is 0 Å². The van der Waals surface area contributed by atoms with Crippen LogP contribution in [0.15, 0.2) is 30.3 Å². The van der Waals surface area contributed by atoms with Gasteiger partial charge in [-0.2, -0.15) is 0 Å². The van der Waals surface area contributed by atoms with Crippen molar-refractivity contribution >= 4 is 0 Å². The largest absolute Gasteiger partial charge is 0.330 e. The number of nitrogens with two attached hydrogens (primary N) is 1. The van der Waals surface area contributed by atoms with E-state index in [-0.39, 0.29) is 5.41 Å². The van der Waals surface area contributed by atoms with Gasteiger partial charge in [-0.15, -0.1) is 0 Å². The molecule has 1 aliphatic heterocycles. The normalized spacial score (nSPS) is 22.4. The first-order chi connectivity index (χ1) is 9.51. The molecular weight excluding hydrogens is 244 g/mol. The van der Waals surface area contributed by atoms with Crippen molar-refractivity contribution < 1.29 is 0 Å². The van der Waals surface area contributed by atoms with Crippen LogP contribution in [0, 0.1) is 5.41 Å². The summed E-state index contributed by atoms with van der Waals surface area (Å²) in [7, 11) is 0. The molecule has 1 aromatic rings. The second-order valence-electron chi connectivity index (χ2n) is 7.07. The van der Waals surface area contributed by atoms with Crippen LogP contribution in [0.2, 0.25) is 0 Å². The fourth-order valence-electron chi connectivity index (χ4n) is 3.21. The van der Waals surface area contributed by atoms with E-state index in [1.54, 1.807) is 0 Å². The second kappa shape index (κ2) is 6.28. The minimum atomic E-state index is 0.0707. The Morgan fingerprint density at radius 2 is 1.80 bits per heavy atom. The molecule has 1 saturated heterocycles. The van der Waals surface area contributed by atoms with Crippen molar-refractivity contribution in [3.63, 3.8) is 0 Å². The zero-order valence-electron chi connectivity index (χ0n) is 13.4. The topological polar surface area (TPSA) is 29.3 Å². The molecule has 1 fully saturated rings. The van der Waals surface area contributed by atoms with Crippen LogP contribution in [0.1, 0.15) is 45.6 Å². The molecule has 0 amide bonds. The number of nitrogens with zero attached hydrogens (tertiary/aromatic N) is 1. The Labute approximate surface area is 124 Å². The minimum absolute atomic E-state index is 0.0707. The molecule has 0 saturated carbocycles. The van der Waals surface area contributed by atoms with Gasteiger partial charge in [0.05, 0.1) is 0 Å². The lowest BCUT2D eigenvalue weighted by Gasteiger charge is -2.42. The Morgan fingerprint density at radius 3 is 2.30 bits per heavy atom. The van der Waals surface area contributed by atoms with Crippen LogP contribution >= 0.6 is 0 Å². The standard InChI is InChI=1S/C18H30N2/c1-4-17(2)10-12-20(13-11-17)15-18(3,14-19)16-8-6-5-7-9-16/h5-9H,4,10-15,19H2,1-3H3. The van der Waals surface area contributed by atoms with Gasteiger partial charge in [-0.3, -0.25) is 0 Å². The maximum absolute atomic E-state index is 6.11. The number of likely N-dealkylation sites (tertiary alicyclic amines) is 1. The van der Waals surface area contributed by atoms with Gasteiger partial charge >= 0.3 is 0 Å². The van der Waals surface area contributed by atoms with Crippen molar-refractivity contribution in [2.75, 3.05) is 26.2 Å². The van der Waals surface area contributed by atoms with Gasteiger partial charge in [0.25, 0.3) is 0 Å². The Morgan fingerprint density at radius 1 is 1.20 bits per heavy atom. The maximum atomic E-state index is 6.11. The Kier molecular flexibility index (Phi) is 4.87. The van der Waals surface area contributed by atoms with E-state index in [9.17, 15) is 0 Å². The van der Waals surface area contributed by atoms with Crippen LogP contribution in [0.5, 0.6) is 0 Å². The molecule has 0 aromatic heterocycles. The van der Waals surface area contributed by atoms with Crippen molar-refractivity contribution in [1.82, 2.24) is 4.90 Å². The molecule has 112 valence electrons. The number of benzene rings is 1. The smallest absolute Gasteiger partial charge is 0.0174 e. The number of piperidine rings is 1. The lowest BCUT2D eigenvalue weighted by atomic mass is 9.76. The summed E-state index contributed by atoms with van der Waals surface area (Å²) in [6, 6.07) is 10.7. The molecule has 0 radical (unpaired) electrons. The molecule has 1 heterocycles. The quantitative estimate of drug-likeness (QED) is 0.891. The van der Waals surface area contributed by atoms with Crippen LogP contribution < -0.4 is 5.73 Å². The average Bonchev–Trinajstić information content (AvgIpc) is 2.50. The van der Waals surface area contributed by atoms with E-state index < -0.39 is 0 Å². The lowest BCUT2D eigenvalue weighted by molar-refractivity contribution is 0.0973. The summed E-state index contributed by atoms with van der Waals surface area (Å²) in [6.07, 6.45) is 3.94. The Hall–Kier alpha value is -0.860. The lowest BCUT2D eigenvalue weighted by Crippen LogP contribution is -2.48. The predicted molar refractivity (Wildman–Crippen MR) is 86.9 cm³/mol. The van der Waals surface area contributed by atoms with Gasteiger partial charge in [-0.1, -0.05) is 57.5 Å². The summed E-state index contributed by atoms with van der Waals surface area (Å²) in [5, 5.41) is 0. The van der Waals surface area contributed by atoms with E-state index >= 15 is 0 Å². The van der Waals surface area contributed by atoms with Gasteiger partial charge in [0, 0.05) is 18.5 Å². The van der Waals surface area contributed by atoms with Gasteiger partial charge in [0.1, 0.15) is 0 Å². The van der Waals surface area contributed by atoms with E-state index in [1.165, 1.54) is 37.9 Å². The molecule has 2 rings (SSSR count). The first-order valence-electron chi connectivity index (χ1n) is 7.99. The number of hydrogen-bond donors (Lipinski definition) is 1. The third kappa shape index (κ3) is 3.42. The van der Waals surface area contributed by atoms with Gasteiger partial charge in [-0.25, -0.2) is 0 Å². The average molecular weight is 274 g/mol.